The van der Waals surface area contributed by atoms with Gasteiger partial charge >= 0.3 is 0 Å². The van der Waals surface area contributed by atoms with Crippen molar-refractivity contribution in [3.63, 3.8) is 0 Å². The van der Waals surface area contributed by atoms with E-state index in [1.54, 1.807) is 0 Å². The lowest BCUT2D eigenvalue weighted by Crippen LogP contribution is -2.29. The zero-order valence-electron chi connectivity index (χ0n) is 10.3. The third kappa shape index (κ3) is 3.58. The van der Waals surface area contributed by atoms with Gasteiger partial charge in [0.2, 0.25) is 0 Å². The first kappa shape index (κ1) is 13.7. The summed E-state index contributed by atoms with van der Waals surface area (Å²) in [6.07, 6.45) is 2.26. The summed E-state index contributed by atoms with van der Waals surface area (Å²) >= 11 is 3.51. The van der Waals surface area contributed by atoms with Gasteiger partial charge in [-0.05, 0) is 42.5 Å². The van der Waals surface area contributed by atoms with E-state index in [2.05, 4.69) is 60.3 Å². The lowest BCUT2D eigenvalue weighted by Gasteiger charge is -2.21. The second kappa shape index (κ2) is 6.38. The maximum absolute atomic E-state index is 5.66. The summed E-state index contributed by atoms with van der Waals surface area (Å²) in [7, 11) is 0. The fraction of sp³-hybridized carbons (Fsp3) is 0.538. The molecule has 0 heterocycles. The molecular weight excluding hydrogens is 264 g/mol. The van der Waals surface area contributed by atoms with E-state index < -0.39 is 0 Å². The predicted molar refractivity (Wildman–Crippen MR) is 73.0 cm³/mol. The second-order valence-electron chi connectivity index (χ2n) is 4.47. The van der Waals surface area contributed by atoms with E-state index in [1.807, 2.05) is 0 Å². The molecule has 0 fully saturated rings. The van der Waals surface area contributed by atoms with Crippen molar-refractivity contribution >= 4 is 15.9 Å². The largest absolute Gasteiger partial charge is 0.271 e. The zero-order valence-corrected chi connectivity index (χ0v) is 11.8. The van der Waals surface area contributed by atoms with E-state index >= 15 is 0 Å². The van der Waals surface area contributed by atoms with Crippen molar-refractivity contribution in [2.24, 2.45) is 11.8 Å². The van der Waals surface area contributed by atoms with Gasteiger partial charge < -0.3 is 0 Å². The minimum absolute atomic E-state index is 0.243. The van der Waals surface area contributed by atoms with Gasteiger partial charge in [-0.3, -0.25) is 11.3 Å². The van der Waals surface area contributed by atoms with Crippen LogP contribution in [-0.2, 0) is 0 Å². The van der Waals surface area contributed by atoms with Gasteiger partial charge in [-0.1, -0.05) is 42.3 Å². The molecule has 1 aromatic carbocycles. The molecule has 90 valence electrons. The maximum atomic E-state index is 5.66. The summed E-state index contributed by atoms with van der Waals surface area (Å²) in [6, 6.07) is 6.59. The van der Waals surface area contributed by atoms with Crippen LogP contribution in [0.1, 0.15) is 43.9 Å². The molecule has 0 amide bonds. The van der Waals surface area contributed by atoms with Crippen LogP contribution in [0, 0.1) is 12.8 Å². The second-order valence-corrected chi connectivity index (χ2v) is 5.38. The van der Waals surface area contributed by atoms with Crippen LogP contribution in [0.15, 0.2) is 22.7 Å². The number of nitrogens with two attached hydrogens (primary N) is 1. The first-order valence-electron chi connectivity index (χ1n) is 5.80. The standard InChI is InChI=1S/C13H21BrN2/c1-4-9(2)7-13(16-15)12-8-11(14)6-5-10(12)3/h5-6,8-9,13,16H,4,7,15H2,1-3H3. The number of aryl methyl sites for hydroxylation is 1. The van der Waals surface area contributed by atoms with Crippen LogP contribution in [0.3, 0.4) is 0 Å². The number of benzene rings is 1. The number of halogens is 1. The van der Waals surface area contributed by atoms with Gasteiger partial charge in [0.15, 0.2) is 0 Å². The molecular formula is C13H21BrN2. The van der Waals surface area contributed by atoms with Crippen LogP contribution < -0.4 is 11.3 Å². The van der Waals surface area contributed by atoms with Crippen molar-refractivity contribution in [2.75, 3.05) is 0 Å². The Bertz CT molecular complexity index is 339. The van der Waals surface area contributed by atoms with E-state index in [9.17, 15) is 0 Å². The predicted octanol–water partition coefficient (Wildman–Crippen LogP) is 3.70. The first-order valence-corrected chi connectivity index (χ1v) is 6.60. The number of hydrogen-bond acceptors (Lipinski definition) is 2. The van der Waals surface area contributed by atoms with E-state index in [-0.39, 0.29) is 6.04 Å². The molecule has 0 saturated heterocycles. The minimum Gasteiger partial charge on any atom is -0.271 e. The molecule has 2 unspecified atom stereocenters. The highest BCUT2D eigenvalue weighted by molar-refractivity contribution is 9.10. The van der Waals surface area contributed by atoms with Gasteiger partial charge in [0.1, 0.15) is 0 Å². The molecule has 3 N–H and O–H groups in total. The van der Waals surface area contributed by atoms with Crippen LogP contribution in [-0.4, -0.2) is 0 Å². The minimum atomic E-state index is 0.243. The highest BCUT2D eigenvalue weighted by atomic mass is 79.9. The van der Waals surface area contributed by atoms with Crippen molar-refractivity contribution < 1.29 is 0 Å². The molecule has 0 radical (unpaired) electrons. The Kier molecular flexibility index (Phi) is 5.46. The lowest BCUT2D eigenvalue weighted by molar-refractivity contribution is 0.406. The Morgan fingerprint density at radius 3 is 2.69 bits per heavy atom. The average Bonchev–Trinajstić information content (AvgIpc) is 2.29. The molecule has 3 heteroatoms. The molecule has 0 spiro atoms. The summed E-state index contributed by atoms with van der Waals surface area (Å²) in [5.74, 6) is 6.34. The van der Waals surface area contributed by atoms with Crippen LogP contribution >= 0.6 is 15.9 Å². The van der Waals surface area contributed by atoms with Gasteiger partial charge in [0.25, 0.3) is 0 Å². The average molecular weight is 285 g/mol. The molecule has 2 nitrogen and oxygen atoms in total. The lowest BCUT2D eigenvalue weighted by atomic mass is 9.92. The Hall–Kier alpha value is -0.380. The summed E-state index contributed by atoms with van der Waals surface area (Å²) in [4.78, 5) is 0. The Labute approximate surface area is 107 Å². The van der Waals surface area contributed by atoms with Crippen LogP contribution in [0.25, 0.3) is 0 Å². The molecule has 0 aliphatic heterocycles. The van der Waals surface area contributed by atoms with Gasteiger partial charge in [-0.15, -0.1) is 0 Å². The molecule has 2 atom stereocenters. The van der Waals surface area contributed by atoms with Gasteiger partial charge in [-0.25, -0.2) is 0 Å². The monoisotopic (exact) mass is 284 g/mol. The number of hydrazine groups is 1. The summed E-state index contributed by atoms with van der Waals surface area (Å²) in [5, 5.41) is 0. The van der Waals surface area contributed by atoms with Crippen molar-refractivity contribution in [3.8, 4) is 0 Å². The van der Waals surface area contributed by atoms with E-state index in [1.165, 1.54) is 17.5 Å². The van der Waals surface area contributed by atoms with Crippen molar-refractivity contribution in [1.29, 1.82) is 0 Å². The Balaban J connectivity index is 2.89. The Morgan fingerprint density at radius 1 is 1.44 bits per heavy atom. The van der Waals surface area contributed by atoms with Gasteiger partial charge in [0.05, 0.1) is 0 Å². The molecule has 16 heavy (non-hydrogen) atoms. The summed E-state index contributed by atoms with van der Waals surface area (Å²) < 4.78 is 1.11. The van der Waals surface area contributed by atoms with Crippen molar-refractivity contribution in [3.05, 3.63) is 33.8 Å². The molecule has 0 aliphatic carbocycles. The normalized spacial score (nSPS) is 14.8. The summed E-state index contributed by atoms with van der Waals surface area (Å²) in [5.41, 5.74) is 5.51. The van der Waals surface area contributed by atoms with Crippen LogP contribution in [0.4, 0.5) is 0 Å². The highest BCUT2D eigenvalue weighted by Gasteiger charge is 2.15. The third-order valence-electron chi connectivity index (χ3n) is 3.15. The van der Waals surface area contributed by atoms with E-state index in [0.717, 1.165) is 10.9 Å². The molecule has 1 rings (SSSR count). The molecule has 0 saturated carbocycles. The van der Waals surface area contributed by atoms with E-state index in [0.29, 0.717) is 5.92 Å². The number of nitrogens with one attached hydrogen (secondary N) is 1. The fourth-order valence-corrected chi connectivity index (χ4v) is 2.22. The maximum Gasteiger partial charge on any atom is 0.0465 e. The third-order valence-corrected chi connectivity index (χ3v) is 3.65. The zero-order chi connectivity index (χ0) is 12.1. The van der Waals surface area contributed by atoms with Crippen molar-refractivity contribution in [1.82, 2.24) is 5.43 Å². The van der Waals surface area contributed by atoms with Crippen molar-refractivity contribution in [2.45, 2.75) is 39.7 Å². The van der Waals surface area contributed by atoms with E-state index in [4.69, 9.17) is 5.84 Å². The smallest absolute Gasteiger partial charge is 0.0465 e. The fourth-order valence-electron chi connectivity index (χ4n) is 1.84. The number of rotatable bonds is 5. The van der Waals surface area contributed by atoms with Gasteiger partial charge in [0, 0.05) is 10.5 Å². The molecule has 0 aliphatic rings. The first-order chi connectivity index (χ1) is 7.58. The SMILES string of the molecule is CCC(C)CC(NN)c1cc(Br)ccc1C. The molecule has 0 bridgehead atoms. The van der Waals surface area contributed by atoms with Crippen LogP contribution in [0.2, 0.25) is 0 Å². The van der Waals surface area contributed by atoms with Crippen LogP contribution in [0.5, 0.6) is 0 Å². The molecule has 1 aromatic rings. The Morgan fingerprint density at radius 2 is 2.12 bits per heavy atom. The highest BCUT2D eigenvalue weighted by Crippen LogP contribution is 2.27. The topological polar surface area (TPSA) is 38.0 Å². The summed E-state index contributed by atoms with van der Waals surface area (Å²) in [6.45, 7) is 6.60. The molecule has 0 aromatic heterocycles. The quantitative estimate of drug-likeness (QED) is 0.639. The van der Waals surface area contributed by atoms with Gasteiger partial charge in [-0.2, -0.15) is 0 Å². The number of hydrogen-bond donors (Lipinski definition) is 2.